The molecule has 0 bridgehead atoms. The molecule has 0 amide bonds. The summed E-state index contributed by atoms with van der Waals surface area (Å²) in [5, 5.41) is 0. The van der Waals surface area contributed by atoms with Crippen molar-refractivity contribution in [2.45, 2.75) is 26.2 Å². The van der Waals surface area contributed by atoms with Gasteiger partial charge < -0.3 is 10.6 Å². The smallest absolute Gasteiger partial charge is 0.0313 e. The first-order valence-electron chi connectivity index (χ1n) is 5.86. The Bertz CT molecular complexity index is 240. The van der Waals surface area contributed by atoms with E-state index in [0.29, 0.717) is 0 Å². The molecule has 2 N–H and O–H groups in total. The molecule has 0 aliphatic carbocycles. The lowest BCUT2D eigenvalue weighted by Crippen LogP contribution is -2.29. The number of nitrogens with two attached hydrogens (primary N) is 1. The SMILES string of the molecule is CCN1CCCCC1.Nc1ccccc1. The average Bonchev–Trinajstić information content (AvgIpc) is 2.32. The minimum absolute atomic E-state index is 0.822. The summed E-state index contributed by atoms with van der Waals surface area (Å²) in [6.45, 7) is 6.18. The number of likely N-dealkylation sites (tertiary alicyclic amines) is 1. The van der Waals surface area contributed by atoms with Crippen LogP contribution in [0.5, 0.6) is 0 Å². The van der Waals surface area contributed by atoms with E-state index in [0.717, 1.165) is 5.69 Å². The van der Waals surface area contributed by atoms with Crippen molar-refractivity contribution in [2.75, 3.05) is 25.4 Å². The zero-order valence-corrected chi connectivity index (χ0v) is 9.65. The van der Waals surface area contributed by atoms with Crippen molar-refractivity contribution >= 4 is 5.69 Å². The van der Waals surface area contributed by atoms with E-state index in [-0.39, 0.29) is 0 Å². The number of rotatable bonds is 1. The van der Waals surface area contributed by atoms with Crippen molar-refractivity contribution < 1.29 is 0 Å². The summed E-state index contributed by atoms with van der Waals surface area (Å²) in [6, 6.07) is 9.49. The normalized spacial score (nSPS) is 16.6. The molecule has 1 aliphatic rings. The number of piperidine rings is 1. The summed E-state index contributed by atoms with van der Waals surface area (Å²) in [6.07, 6.45) is 4.30. The molecule has 0 radical (unpaired) electrons. The van der Waals surface area contributed by atoms with Gasteiger partial charge in [0.05, 0.1) is 0 Å². The molecule has 1 aromatic carbocycles. The number of nitrogens with zero attached hydrogens (tertiary/aromatic N) is 1. The summed E-state index contributed by atoms with van der Waals surface area (Å²) < 4.78 is 0. The van der Waals surface area contributed by atoms with Crippen molar-refractivity contribution in [3.8, 4) is 0 Å². The van der Waals surface area contributed by atoms with Crippen molar-refractivity contribution in [2.24, 2.45) is 0 Å². The average molecular weight is 206 g/mol. The van der Waals surface area contributed by atoms with Crippen LogP contribution in [0.2, 0.25) is 0 Å². The van der Waals surface area contributed by atoms with Crippen molar-refractivity contribution in [3.05, 3.63) is 30.3 Å². The fourth-order valence-electron chi connectivity index (χ4n) is 1.73. The van der Waals surface area contributed by atoms with Crippen molar-refractivity contribution in [1.82, 2.24) is 4.90 Å². The minimum atomic E-state index is 0.822. The maximum atomic E-state index is 5.36. The van der Waals surface area contributed by atoms with Crippen LogP contribution in [0.15, 0.2) is 30.3 Å². The van der Waals surface area contributed by atoms with Gasteiger partial charge in [-0.25, -0.2) is 0 Å². The monoisotopic (exact) mass is 206 g/mol. The van der Waals surface area contributed by atoms with Gasteiger partial charge in [0, 0.05) is 5.69 Å². The predicted molar refractivity (Wildman–Crippen MR) is 66.8 cm³/mol. The van der Waals surface area contributed by atoms with E-state index >= 15 is 0 Å². The maximum Gasteiger partial charge on any atom is 0.0313 e. The molecule has 1 aliphatic heterocycles. The number of hydrogen-bond acceptors (Lipinski definition) is 2. The van der Waals surface area contributed by atoms with Crippen LogP contribution in [0.3, 0.4) is 0 Å². The highest BCUT2D eigenvalue weighted by Gasteiger charge is 2.05. The highest BCUT2D eigenvalue weighted by atomic mass is 15.1. The van der Waals surface area contributed by atoms with E-state index in [1.54, 1.807) is 0 Å². The van der Waals surface area contributed by atoms with E-state index in [4.69, 9.17) is 5.73 Å². The van der Waals surface area contributed by atoms with Crippen molar-refractivity contribution in [1.29, 1.82) is 0 Å². The van der Waals surface area contributed by atoms with Gasteiger partial charge in [0.2, 0.25) is 0 Å². The van der Waals surface area contributed by atoms with Crippen LogP contribution in [0.1, 0.15) is 26.2 Å². The number of anilines is 1. The summed E-state index contributed by atoms with van der Waals surface area (Å²) in [4.78, 5) is 2.52. The Labute approximate surface area is 93.1 Å². The van der Waals surface area contributed by atoms with Crippen LogP contribution in [-0.4, -0.2) is 24.5 Å². The van der Waals surface area contributed by atoms with Crippen LogP contribution in [-0.2, 0) is 0 Å². The zero-order chi connectivity index (χ0) is 10.9. The van der Waals surface area contributed by atoms with Crippen LogP contribution in [0.4, 0.5) is 5.69 Å². The highest BCUT2D eigenvalue weighted by Crippen LogP contribution is 2.06. The summed E-state index contributed by atoms with van der Waals surface area (Å²) in [7, 11) is 0. The molecule has 0 atom stereocenters. The molecule has 2 nitrogen and oxygen atoms in total. The second kappa shape index (κ2) is 7.30. The first kappa shape index (κ1) is 12.1. The number of hydrogen-bond donors (Lipinski definition) is 1. The second-order valence-corrected chi connectivity index (χ2v) is 3.91. The van der Waals surface area contributed by atoms with E-state index < -0.39 is 0 Å². The predicted octanol–water partition coefficient (Wildman–Crippen LogP) is 2.76. The van der Waals surface area contributed by atoms with Crippen LogP contribution >= 0.6 is 0 Å². The van der Waals surface area contributed by atoms with E-state index in [1.165, 1.54) is 38.9 Å². The molecule has 1 fully saturated rings. The molecule has 1 heterocycles. The number of benzene rings is 1. The Hall–Kier alpha value is -1.02. The van der Waals surface area contributed by atoms with Gasteiger partial charge in [0.1, 0.15) is 0 Å². The molecule has 84 valence electrons. The van der Waals surface area contributed by atoms with E-state index in [2.05, 4.69) is 11.8 Å². The largest absolute Gasteiger partial charge is 0.399 e. The Morgan fingerprint density at radius 2 is 1.67 bits per heavy atom. The second-order valence-electron chi connectivity index (χ2n) is 3.91. The molecule has 0 aromatic heterocycles. The Morgan fingerprint density at radius 1 is 1.07 bits per heavy atom. The summed E-state index contributed by atoms with van der Waals surface area (Å²) in [5.41, 5.74) is 6.18. The summed E-state index contributed by atoms with van der Waals surface area (Å²) >= 11 is 0. The molecule has 2 rings (SSSR count). The zero-order valence-electron chi connectivity index (χ0n) is 9.65. The third-order valence-corrected chi connectivity index (χ3v) is 2.70. The molecule has 0 saturated carbocycles. The standard InChI is InChI=1S/C7H15N.C6H7N/c1-2-8-6-4-3-5-7-8;7-6-4-2-1-3-5-6/h2-7H2,1H3;1-5H,7H2. The van der Waals surface area contributed by atoms with Gasteiger partial charge in [0.15, 0.2) is 0 Å². The third-order valence-electron chi connectivity index (χ3n) is 2.70. The molecule has 15 heavy (non-hydrogen) atoms. The fourth-order valence-corrected chi connectivity index (χ4v) is 1.73. The number of para-hydroxylation sites is 1. The number of nitrogen functional groups attached to an aromatic ring is 1. The lowest BCUT2D eigenvalue weighted by atomic mass is 10.1. The quantitative estimate of drug-likeness (QED) is 0.716. The Balaban J connectivity index is 0.000000151. The maximum absolute atomic E-state index is 5.36. The van der Waals surface area contributed by atoms with Gasteiger partial charge in [0.25, 0.3) is 0 Å². The Morgan fingerprint density at radius 3 is 2.00 bits per heavy atom. The fraction of sp³-hybridized carbons (Fsp3) is 0.538. The Kier molecular flexibility index (Phi) is 5.86. The molecule has 0 unspecified atom stereocenters. The van der Waals surface area contributed by atoms with Crippen LogP contribution in [0, 0.1) is 0 Å². The van der Waals surface area contributed by atoms with Crippen LogP contribution in [0.25, 0.3) is 0 Å². The highest BCUT2D eigenvalue weighted by molar-refractivity contribution is 5.35. The molecular weight excluding hydrogens is 184 g/mol. The molecule has 1 saturated heterocycles. The minimum Gasteiger partial charge on any atom is -0.399 e. The van der Waals surface area contributed by atoms with Gasteiger partial charge in [-0.05, 0) is 44.6 Å². The molecule has 2 heteroatoms. The first-order valence-corrected chi connectivity index (χ1v) is 5.86. The van der Waals surface area contributed by atoms with E-state index in [9.17, 15) is 0 Å². The van der Waals surface area contributed by atoms with Gasteiger partial charge in [-0.1, -0.05) is 31.5 Å². The topological polar surface area (TPSA) is 29.3 Å². The molecular formula is C13H22N2. The van der Waals surface area contributed by atoms with Gasteiger partial charge in [-0.3, -0.25) is 0 Å². The van der Waals surface area contributed by atoms with Crippen LogP contribution < -0.4 is 5.73 Å². The molecule has 0 spiro atoms. The lowest BCUT2D eigenvalue weighted by molar-refractivity contribution is 0.240. The van der Waals surface area contributed by atoms with Gasteiger partial charge in [-0.15, -0.1) is 0 Å². The van der Waals surface area contributed by atoms with Crippen molar-refractivity contribution in [3.63, 3.8) is 0 Å². The third kappa shape index (κ3) is 5.43. The van der Waals surface area contributed by atoms with E-state index in [1.807, 2.05) is 30.3 Å². The summed E-state index contributed by atoms with van der Waals surface area (Å²) in [5.74, 6) is 0. The van der Waals surface area contributed by atoms with Gasteiger partial charge >= 0.3 is 0 Å². The lowest BCUT2D eigenvalue weighted by Gasteiger charge is -2.24. The van der Waals surface area contributed by atoms with Gasteiger partial charge in [-0.2, -0.15) is 0 Å². The molecule has 1 aromatic rings. The first-order chi connectivity index (χ1) is 7.33.